The van der Waals surface area contributed by atoms with Crippen LogP contribution in [0.5, 0.6) is 5.75 Å². The second kappa shape index (κ2) is 10.3. The summed E-state index contributed by atoms with van der Waals surface area (Å²) in [6.45, 7) is -1.85. The summed E-state index contributed by atoms with van der Waals surface area (Å²) in [5.41, 5.74) is 3.84. The van der Waals surface area contributed by atoms with Gasteiger partial charge in [0, 0.05) is 28.3 Å². The lowest BCUT2D eigenvalue weighted by molar-refractivity contribution is -0.249. The van der Waals surface area contributed by atoms with Crippen LogP contribution in [-0.2, 0) is 4.74 Å². The number of hydrogen-bond donors (Lipinski definition) is 10. The van der Waals surface area contributed by atoms with Crippen molar-refractivity contribution >= 4 is 39.3 Å². The molecule has 4 heterocycles. The number of benzene rings is 2. The van der Waals surface area contributed by atoms with Gasteiger partial charge in [-0.15, -0.1) is 0 Å². The molecule has 2 aromatic carbocycles. The topological polar surface area (TPSA) is 237 Å². The van der Waals surface area contributed by atoms with E-state index in [1.54, 1.807) is 12.2 Å². The van der Waals surface area contributed by atoms with Crippen molar-refractivity contribution in [1.29, 1.82) is 0 Å². The molecule has 15 nitrogen and oxygen atoms in total. The molecule has 0 radical (unpaired) electrons. The smallest absolute Gasteiger partial charge is 0.276 e. The quantitative estimate of drug-likeness (QED) is 0.148. The Kier molecular flexibility index (Phi) is 6.69. The molecular weight excluding hydrogens is 580 g/mol. The van der Waals surface area contributed by atoms with Crippen molar-refractivity contribution in [3.63, 3.8) is 0 Å². The van der Waals surface area contributed by atoms with Gasteiger partial charge in [-0.05, 0) is 24.3 Å². The van der Waals surface area contributed by atoms with E-state index in [9.17, 15) is 50.4 Å². The molecule has 0 saturated carbocycles. The van der Waals surface area contributed by atoms with Gasteiger partial charge in [-0.3, -0.25) is 9.59 Å². The number of amides is 2. The normalized spacial score (nSPS) is 29.4. The van der Waals surface area contributed by atoms with Crippen molar-refractivity contribution in [1.82, 2.24) is 15.0 Å². The fraction of sp³-hybridized carbons (Fsp3) is 0.379. The van der Waals surface area contributed by atoms with Crippen LogP contribution in [-0.4, -0.2) is 119 Å². The fourth-order valence-corrected chi connectivity index (χ4v) is 6.78. The highest BCUT2D eigenvalue weighted by atomic mass is 16.6. The van der Waals surface area contributed by atoms with Gasteiger partial charge in [-0.2, -0.15) is 0 Å². The summed E-state index contributed by atoms with van der Waals surface area (Å²) in [5.74, 6) is -2.28. The van der Waals surface area contributed by atoms with E-state index in [0.29, 0.717) is 16.6 Å². The lowest BCUT2D eigenvalue weighted by atomic mass is 9.85. The zero-order chi connectivity index (χ0) is 31.2. The number of carbonyl (C=O) groups excluding carboxylic acids is 2. The van der Waals surface area contributed by atoms with E-state index in [-0.39, 0.29) is 39.1 Å². The number of nitrogens with one attached hydrogen (secondary N) is 2. The van der Waals surface area contributed by atoms with Crippen molar-refractivity contribution in [2.24, 2.45) is 0 Å². The second-order valence-corrected chi connectivity index (χ2v) is 11.3. The van der Waals surface area contributed by atoms with E-state index in [2.05, 4.69) is 10.7 Å². The van der Waals surface area contributed by atoms with Crippen LogP contribution in [0.4, 0.5) is 5.69 Å². The van der Waals surface area contributed by atoms with Gasteiger partial charge in [0.25, 0.3) is 11.8 Å². The molecule has 232 valence electrons. The summed E-state index contributed by atoms with van der Waals surface area (Å²) in [6.07, 6.45) is -3.18. The SMILES string of the molecule is O=C1c2c3c(c4c(c2C(=O)N1NC(CO)CO)c1ccc(O)cc1n4[C@@H]1O[C@H](CO)[C@@H](O)[C@H](O)[C@H]1O)NC1C=C(O)C=CC31. The third-order valence-corrected chi connectivity index (χ3v) is 8.83. The van der Waals surface area contributed by atoms with Gasteiger partial charge in [0.05, 0.1) is 59.8 Å². The maximum absolute atomic E-state index is 14.1. The number of carbonyl (C=O) groups is 2. The zero-order valence-corrected chi connectivity index (χ0v) is 22.9. The molecule has 0 bridgehead atoms. The lowest BCUT2D eigenvalue weighted by Crippen LogP contribution is -2.56. The monoisotopic (exact) mass is 610 g/mol. The molecule has 10 N–H and O–H groups in total. The fourth-order valence-electron chi connectivity index (χ4n) is 6.78. The number of nitrogens with zero attached hydrogens (tertiary/aromatic N) is 2. The highest BCUT2D eigenvalue weighted by Gasteiger charge is 2.50. The molecule has 4 aliphatic rings. The van der Waals surface area contributed by atoms with E-state index in [0.717, 1.165) is 5.01 Å². The molecule has 1 fully saturated rings. The molecule has 15 heteroatoms. The Labute approximate surface area is 248 Å². The number of fused-ring (bicyclic) bond motifs is 10. The molecule has 44 heavy (non-hydrogen) atoms. The van der Waals surface area contributed by atoms with Crippen LogP contribution < -0.4 is 10.7 Å². The number of aromatic nitrogens is 1. The van der Waals surface area contributed by atoms with Crippen LogP contribution in [0.3, 0.4) is 0 Å². The molecule has 7 atom stereocenters. The van der Waals surface area contributed by atoms with Crippen molar-refractivity contribution in [3.05, 3.63) is 58.9 Å². The van der Waals surface area contributed by atoms with Crippen molar-refractivity contribution in [2.45, 2.75) is 48.6 Å². The minimum Gasteiger partial charge on any atom is -0.508 e. The third kappa shape index (κ3) is 3.85. The van der Waals surface area contributed by atoms with Gasteiger partial charge in [0.1, 0.15) is 35.9 Å². The van der Waals surface area contributed by atoms with Gasteiger partial charge in [-0.1, -0.05) is 6.08 Å². The zero-order valence-electron chi connectivity index (χ0n) is 22.9. The number of rotatable bonds is 6. The van der Waals surface area contributed by atoms with Gasteiger partial charge < -0.3 is 55.5 Å². The molecule has 2 amide bonds. The van der Waals surface area contributed by atoms with Crippen LogP contribution in [0.15, 0.2) is 42.2 Å². The van der Waals surface area contributed by atoms with Crippen LogP contribution in [0.25, 0.3) is 21.8 Å². The largest absolute Gasteiger partial charge is 0.508 e. The first-order chi connectivity index (χ1) is 21.1. The Bertz CT molecular complexity index is 1780. The summed E-state index contributed by atoms with van der Waals surface area (Å²) >= 11 is 0. The van der Waals surface area contributed by atoms with Crippen molar-refractivity contribution in [3.8, 4) is 5.75 Å². The number of hydrazine groups is 1. The van der Waals surface area contributed by atoms with E-state index >= 15 is 0 Å². The molecule has 7 rings (SSSR count). The van der Waals surface area contributed by atoms with E-state index < -0.39 is 80.3 Å². The summed E-state index contributed by atoms with van der Waals surface area (Å²) in [5, 5.41) is 87.0. The highest BCUT2D eigenvalue weighted by Crippen LogP contribution is 2.53. The number of anilines is 1. The molecule has 1 aliphatic carbocycles. The number of imide groups is 1. The average Bonchev–Trinajstić information content (AvgIpc) is 3.62. The van der Waals surface area contributed by atoms with Gasteiger partial charge in [-0.25, -0.2) is 10.4 Å². The Morgan fingerprint density at radius 3 is 2.41 bits per heavy atom. The Hall–Kier alpha value is -4.06. The van der Waals surface area contributed by atoms with Gasteiger partial charge in [0.2, 0.25) is 0 Å². The first-order valence-electron chi connectivity index (χ1n) is 14.0. The number of phenols is 1. The second-order valence-electron chi connectivity index (χ2n) is 11.3. The molecular formula is C29H30N4O11. The maximum atomic E-state index is 14.1. The summed E-state index contributed by atoms with van der Waals surface area (Å²) in [6, 6.07) is 2.65. The Balaban J connectivity index is 1.58. The number of allylic oxidation sites excluding steroid dienone is 1. The summed E-state index contributed by atoms with van der Waals surface area (Å²) in [7, 11) is 0. The first-order valence-corrected chi connectivity index (χ1v) is 14.0. The molecule has 1 saturated heterocycles. The van der Waals surface area contributed by atoms with Crippen LogP contribution >= 0.6 is 0 Å². The number of aliphatic hydroxyl groups is 7. The number of phenolic OH excluding ortho intramolecular Hbond substituents is 1. The third-order valence-electron chi connectivity index (χ3n) is 8.83. The highest BCUT2D eigenvalue weighted by molar-refractivity contribution is 6.33. The molecule has 2 unspecified atom stereocenters. The van der Waals surface area contributed by atoms with E-state index in [4.69, 9.17) is 4.74 Å². The lowest BCUT2D eigenvalue weighted by Gasteiger charge is -2.41. The average molecular weight is 611 g/mol. The van der Waals surface area contributed by atoms with Crippen molar-refractivity contribution < 1.29 is 55.2 Å². The van der Waals surface area contributed by atoms with E-state index in [1.807, 2.05) is 0 Å². The van der Waals surface area contributed by atoms with Crippen LogP contribution in [0.1, 0.15) is 38.4 Å². The predicted octanol–water partition coefficient (Wildman–Crippen LogP) is -1.18. The van der Waals surface area contributed by atoms with Gasteiger partial charge >= 0.3 is 0 Å². The van der Waals surface area contributed by atoms with Gasteiger partial charge in [0.15, 0.2) is 6.23 Å². The summed E-state index contributed by atoms with van der Waals surface area (Å²) in [4.78, 5) is 28.1. The predicted molar refractivity (Wildman–Crippen MR) is 152 cm³/mol. The number of hydrogen-bond acceptors (Lipinski definition) is 13. The van der Waals surface area contributed by atoms with Crippen LogP contribution in [0, 0.1) is 0 Å². The molecule has 3 aliphatic heterocycles. The number of aromatic hydroxyl groups is 1. The molecule has 0 spiro atoms. The minimum atomic E-state index is -1.74. The first kappa shape index (κ1) is 28.7. The Morgan fingerprint density at radius 2 is 1.70 bits per heavy atom. The standard InChI is InChI=1S/C29H30N4O11/c34-7-10(8-35)31-33-27(42)20-18-13-3-1-11(37)5-15(13)30-22(18)23-19(21(20)28(33)43)14-4-2-12(38)6-16(14)32(23)29-26(41)25(40)24(39)17(9-36)44-29/h1-6,10,13,15,17,24-26,29-31,34-41H,7-9H2/t13?,15?,17-,24-,25+,26-,29-/m1/s1. The maximum Gasteiger partial charge on any atom is 0.276 e. The van der Waals surface area contributed by atoms with Crippen molar-refractivity contribution in [2.75, 3.05) is 25.1 Å². The van der Waals surface area contributed by atoms with Crippen LogP contribution in [0.2, 0.25) is 0 Å². The summed E-state index contributed by atoms with van der Waals surface area (Å²) < 4.78 is 7.39. The Morgan fingerprint density at radius 1 is 0.977 bits per heavy atom. The van der Waals surface area contributed by atoms with E-state index in [1.165, 1.54) is 28.8 Å². The molecule has 1 aromatic heterocycles. The number of aliphatic hydroxyl groups excluding tert-OH is 7. The minimum absolute atomic E-state index is 0.0282. The molecule has 3 aromatic rings. The number of ether oxygens (including phenoxy) is 1.